The number of halogens is 1. The summed E-state index contributed by atoms with van der Waals surface area (Å²) in [5.41, 5.74) is 0.918. The molecule has 2 heterocycles. The van der Waals surface area contributed by atoms with Gasteiger partial charge in [0.1, 0.15) is 5.75 Å². The number of hydrogen-bond donors (Lipinski definition) is 1. The zero-order valence-corrected chi connectivity index (χ0v) is 12.6. The molecule has 1 aromatic carbocycles. The number of nitrogens with zero attached hydrogens (tertiary/aromatic N) is 1. The van der Waals surface area contributed by atoms with Crippen molar-refractivity contribution in [3.8, 4) is 5.75 Å². The summed E-state index contributed by atoms with van der Waals surface area (Å²) in [4.78, 5) is 24.9. The second-order valence-electron chi connectivity index (χ2n) is 5.44. The van der Waals surface area contributed by atoms with E-state index in [1.54, 1.807) is 23.1 Å². The molecule has 1 fully saturated rings. The molecule has 2 atom stereocenters. The molecule has 6 nitrogen and oxygen atoms in total. The van der Waals surface area contributed by atoms with Crippen LogP contribution in [0.3, 0.4) is 0 Å². The van der Waals surface area contributed by atoms with Gasteiger partial charge in [-0.25, -0.2) is 0 Å². The predicted molar refractivity (Wildman–Crippen MR) is 78.1 cm³/mol. The van der Waals surface area contributed by atoms with Gasteiger partial charge in [0.25, 0.3) is 5.91 Å². The molecule has 1 aromatic rings. The van der Waals surface area contributed by atoms with Crippen molar-refractivity contribution >= 4 is 23.5 Å². The van der Waals surface area contributed by atoms with Gasteiger partial charge in [0, 0.05) is 24.5 Å². The lowest BCUT2D eigenvalue weighted by molar-refractivity contribution is -0.151. The van der Waals surface area contributed by atoms with E-state index in [2.05, 4.69) is 0 Å². The highest BCUT2D eigenvalue weighted by Gasteiger charge is 2.35. The van der Waals surface area contributed by atoms with Crippen molar-refractivity contribution < 1.29 is 24.2 Å². The van der Waals surface area contributed by atoms with Crippen LogP contribution in [0, 0.1) is 0 Å². The Morgan fingerprint density at radius 3 is 3.00 bits per heavy atom. The van der Waals surface area contributed by atoms with Crippen LogP contribution < -0.4 is 4.74 Å². The fraction of sp³-hybridized carbons (Fsp3) is 0.467. The molecule has 7 heteroatoms. The smallest absolute Gasteiger partial charge is 0.306 e. The lowest BCUT2D eigenvalue weighted by Gasteiger charge is -2.33. The van der Waals surface area contributed by atoms with Crippen LogP contribution in [-0.2, 0) is 20.7 Å². The van der Waals surface area contributed by atoms with Crippen LogP contribution in [-0.4, -0.2) is 53.8 Å². The summed E-state index contributed by atoms with van der Waals surface area (Å²) in [6.45, 7) is 1.07. The maximum Gasteiger partial charge on any atom is 0.306 e. The number of hydrogen-bond acceptors (Lipinski definition) is 4. The molecule has 1 saturated heterocycles. The van der Waals surface area contributed by atoms with Gasteiger partial charge in [-0.2, -0.15) is 0 Å². The third-order valence-electron chi connectivity index (χ3n) is 3.83. The Kier molecular flexibility index (Phi) is 4.22. The number of carboxylic acid groups (broad SMARTS) is 1. The molecule has 0 saturated carbocycles. The van der Waals surface area contributed by atoms with Gasteiger partial charge in [-0.3, -0.25) is 9.59 Å². The maximum atomic E-state index is 12.6. The molecule has 1 amide bonds. The fourth-order valence-electron chi connectivity index (χ4n) is 2.80. The summed E-state index contributed by atoms with van der Waals surface area (Å²) in [6, 6.07) is 5.29. The van der Waals surface area contributed by atoms with E-state index < -0.39 is 18.2 Å². The van der Waals surface area contributed by atoms with Crippen molar-refractivity contribution in [2.24, 2.45) is 0 Å². The normalized spacial score (nSPS) is 23.8. The number of carbonyl (C=O) groups excluding carboxylic acids is 1. The number of carbonyl (C=O) groups is 2. The Morgan fingerprint density at radius 1 is 1.41 bits per heavy atom. The van der Waals surface area contributed by atoms with E-state index >= 15 is 0 Å². The maximum absolute atomic E-state index is 12.6. The topological polar surface area (TPSA) is 76.1 Å². The van der Waals surface area contributed by atoms with E-state index in [0.717, 1.165) is 5.56 Å². The van der Waals surface area contributed by atoms with Crippen molar-refractivity contribution in [1.29, 1.82) is 0 Å². The van der Waals surface area contributed by atoms with Crippen molar-refractivity contribution in [1.82, 2.24) is 4.90 Å². The van der Waals surface area contributed by atoms with Crippen molar-refractivity contribution in [2.45, 2.75) is 25.0 Å². The van der Waals surface area contributed by atoms with Gasteiger partial charge >= 0.3 is 5.97 Å². The molecule has 2 aliphatic heterocycles. The molecule has 1 N–H and O–H groups in total. The molecule has 22 heavy (non-hydrogen) atoms. The number of carboxylic acids is 1. The Labute approximate surface area is 132 Å². The first kappa shape index (κ1) is 15.1. The highest BCUT2D eigenvalue weighted by molar-refractivity contribution is 6.30. The number of ether oxygens (including phenoxy) is 2. The van der Waals surface area contributed by atoms with Gasteiger partial charge in [-0.05, 0) is 23.8 Å². The van der Waals surface area contributed by atoms with Crippen LogP contribution >= 0.6 is 11.6 Å². The van der Waals surface area contributed by atoms with Crippen LogP contribution in [0.15, 0.2) is 18.2 Å². The Morgan fingerprint density at radius 2 is 2.23 bits per heavy atom. The standard InChI is InChI=1S/C15H16ClNO5/c16-10-1-2-12-9(5-10)6-13(22-12)15(20)17-3-4-21-11(8-17)7-14(18)19/h1-2,5,11,13H,3-4,6-8H2,(H,18,19)/t11-,13+/m1/s1. The number of amides is 1. The average molecular weight is 326 g/mol. The third-order valence-corrected chi connectivity index (χ3v) is 4.06. The average Bonchev–Trinajstić information content (AvgIpc) is 2.89. The van der Waals surface area contributed by atoms with E-state index in [1.807, 2.05) is 0 Å². The Balaban J connectivity index is 1.64. The molecule has 0 aromatic heterocycles. The van der Waals surface area contributed by atoms with Crippen molar-refractivity contribution in [3.63, 3.8) is 0 Å². The van der Waals surface area contributed by atoms with Crippen molar-refractivity contribution in [3.05, 3.63) is 28.8 Å². The van der Waals surface area contributed by atoms with Crippen LogP contribution in [0.25, 0.3) is 0 Å². The summed E-state index contributed by atoms with van der Waals surface area (Å²) in [5.74, 6) is -0.387. The lowest BCUT2D eigenvalue weighted by atomic mass is 10.1. The molecule has 3 rings (SSSR count). The van der Waals surface area contributed by atoms with E-state index in [0.29, 0.717) is 30.3 Å². The molecular formula is C15H16ClNO5. The summed E-state index contributed by atoms with van der Waals surface area (Å²) >= 11 is 5.94. The quantitative estimate of drug-likeness (QED) is 0.907. The largest absolute Gasteiger partial charge is 0.481 e. The van der Waals surface area contributed by atoms with Crippen LogP contribution in [0.1, 0.15) is 12.0 Å². The summed E-state index contributed by atoms with van der Waals surface area (Å²) < 4.78 is 11.1. The molecule has 0 unspecified atom stereocenters. The van der Waals surface area contributed by atoms with Gasteiger partial charge in [-0.1, -0.05) is 11.6 Å². The predicted octanol–water partition coefficient (Wildman–Crippen LogP) is 1.35. The minimum Gasteiger partial charge on any atom is -0.481 e. The fourth-order valence-corrected chi connectivity index (χ4v) is 2.99. The van der Waals surface area contributed by atoms with Crippen LogP contribution in [0.4, 0.5) is 0 Å². The minimum atomic E-state index is -0.932. The monoisotopic (exact) mass is 325 g/mol. The van der Waals surface area contributed by atoms with E-state index in [4.69, 9.17) is 26.2 Å². The molecule has 0 spiro atoms. The minimum absolute atomic E-state index is 0.106. The molecule has 0 radical (unpaired) electrons. The number of aliphatic carboxylic acids is 1. The second-order valence-corrected chi connectivity index (χ2v) is 5.87. The molecule has 2 aliphatic rings. The number of fused-ring (bicyclic) bond motifs is 1. The first-order valence-corrected chi connectivity index (χ1v) is 7.48. The molecule has 118 valence electrons. The van der Waals surface area contributed by atoms with Gasteiger partial charge in [0.15, 0.2) is 6.10 Å². The van der Waals surface area contributed by atoms with E-state index in [9.17, 15) is 9.59 Å². The third kappa shape index (κ3) is 3.18. The summed E-state index contributed by atoms with van der Waals surface area (Å²) in [7, 11) is 0. The first-order valence-electron chi connectivity index (χ1n) is 7.10. The molecule has 0 bridgehead atoms. The van der Waals surface area contributed by atoms with Gasteiger partial charge in [0.05, 0.1) is 19.1 Å². The zero-order valence-electron chi connectivity index (χ0n) is 11.8. The number of morpholine rings is 1. The summed E-state index contributed by atoms with van der Waals surface area (Å²) in [5, 5.41) is 9.44. The Bertz CT molecular complexity index is 606. The summed E-state index contributed by atoms with van der Waals surface area (Å²) in [6.07, 6.45) is -0.661. The second kappa shape index (κ2) is 6.14. The Hall–Kier alpha value is -1.79. The van der Waals surface area contributed by atoms with Gasteiger partial charge in [-0.15, -0.1) is 0 Å². The highest BCUT2D eigenvalue weighted by atomic mass is 35.5. The van der Waals surface area contributed by atoms with E-state index in [1.165, 1.54) is 0 Å². The van der Waals surface area contributed by atoms with Crippen LogP contribution in [0.2, 0.25) is 5.02 Å². The van der Waals surface area contributed by atoms with Crippen LogP contribution in [0.5, 0.6) is 5.75 Å². The van der Waals surface area contributed by atoms with Gasteiger partial charge in [0.2, 0.25) is 0 Å². The number of benzene rings is 1. The first-order chi connectivity index (χ1) is 10.5. The molecule has 0 aliphatic carbocycles. The lowest BCUT2D eigenvalue weighted by Crippen LogP contribution is -2.50. The van der Waals surface area contributed by atoms with E-state index in [-0.39, 0.29) is 18.9 Å². The number of rotatable bonds is 3. The van der Waals surface area contributed by atoms with Crippen molar-refractivity contribution in [2.75, 3.05) is 19.7 Å². The van der Waals surface area contributed by atoms with Gasteiger partial charge < -0.3 is 19.5 Å². The SMILES string of the molecule is O=C(O)C[C@@H]1CN(C(=O)[C@@H]2Cc3cc(Cl)ccc3O2)CCO1. The molecular weight excluding hydrogens is 310 g/mol. The zero-order chi connectivity index (χ0) is 15.7. The highest BCUT2D eigenvalue weighted by Crippen LogP contribution is 2.32.